The van der Waals surface area contributed by atoms with Gasteiger partial charge in [-0.05, 0) is 29.7 Å². The Kier molecular flexibility index (Phi) is 4.35. The molecule has 0 radical (unpaired) electrons. The van der Waals surface area contributed by atoms with E-state index in [1.807, 2.05) is 36.4 Å². The number of rotatable bonds is 4. The Bertz CT molecular complexity index is 751. The Morgan fingerprint density at radius 1 is 1.00 bits per heavy atom. The molecule has 2 aromatic rings. The molecule has 0 spiro atoms. The molecule has 0 aliphatic carbocycles. The molecule has 0 bridgehead atoms. The van der Waals surface area contributed by atoms with Gasteiger partial charge >= 0.3 is 0 Å². The molecule has 4 heteroatoms. The number of benzene rings is 2. The molecular formula is C18H15ClN2O. The number of amidine groups is 1. The second kappa shape index (κ2) is 6.58. The van der Waals surface area contributed by atoms with E-state index in [9.17, 15) is 4.79 Å². The number of carbonyl (C=O) groups is 1. The number of amides is 1. The highest BCUT2D eigenvalue weighted by atomic mass is 35.5. The standard InChI is InChI=1S/C18H15ClN2O/c19-15-9-5-4-8-14(15)12-16-18(22)21-17(20-16)11-10-13-6-2-1-3-7-13/h1-9,12H,10-11H2,(H,20,21,22)/b16-12-. The molecule has 0 unspecified atom stereocenters. The van der Waals surface area contributed by atoms with Crippen molar-refractivity contribution in [2.24, 2.45) is 4.99 Å². The van der Waals surface area contributed by atoms with E-state index in [-0.39, 0.29) is 5.91 Å². The van der Waals surface area contributed by atoms with Crippen LogP contribution in [0.5, 0.6) is 0 Å². The summed E-state index contributed by atoms with van der Waals surface area (Å²) in [4.78, 5) is 16.4. The Morgan fingerprint density at radius 2 is 1.73 bits per heavy atom. The summed E-state index contributed by atoms with van der Waals surface area (Å²) >= 11 is 6.10. The van der Waals surface area contributed by atoms with Gasteiger partial charge in [0.05, 0.1) is 0 Å². The van der Waals surface area contributed by atoms with Crippen LogP contribution in [-0.2, 0) is 11.2 Å². The van der Waals surface area contributed by atoms with E-state index >= 15 is 0 Å². The van der Waals surface area contributed by atoms with Crippen molar-refractivity contribution in [2.45, 2.75) is 12.8 Å². The van der Waals surface area contributed by atoms with Gasteiger partial charge in [0.2, 0.25) is 0 Å². The first-order valence-corrected chi connectivity index (χ1v) is 7.49. The fourth-order valence-electron chi connectivity index (χ4n) is 2.28. The van der Waals surface area contributed by atoms with Gasteiger partial charge in [-0.3, -0.25) is 4.79 Å². The first-order chi connectivity index (χ1) is 10.7. The predicted molar refractivity (Wildman–Crippen MR) is 89.8 cm³/mol. The van der Waals surface area contributed by atoms with Gasteiger partial charge in [-0.15, -0.1) is 0 Å². The third-order valence-corrected chi connectivity index (χ3v) is 3.78. The largest absolute Gasteiger partial charge is 0.309 e. The molecule has 1 aliphatic rings. The van der Waals surface area contributed by atoms with Gasteiger partial charge in [0.25, 0.3) is 5.91 Å². The highest BCUT2D eigenvalue weighted by Crippen LogP contribution is 2.20. The molecule has 3 nitrogen and oxygen atoms in total. The number of nitrogens with one attached hydrogen (secondary N) is 1. The van der Waals surface area contributed by atoms with Crippen LogP contribution < -0.4 is 5.32 Å². The zero-order valence-electron chi connectivity index (χ0n) is 11.9. The highest BCUT2D eigenvalue weighted by Gasteiger charge is 2.19. The molecule has 1 N–H and O–H groups in total. The highest BCUT2D eigenvalue weighted by molar-refractivity contribution is 6.32. The number of hydrogen-bond acceptors (Lipinski definition) is 2. The average Bonchev–Trinajstić information content (AvgIpc) is 2.89. The maximum atomic E-state index is 12.0. The van der Waals surface area contributed by atoms with Gasteiger partial charge < -0.3 is 5.32 Å². The van der Waals surface area contributed by atoms with Crippen molar-refractivity contribution in [1.82, 2.24) is 5.32 Å². The van der Waals surface area contributed by atoms with Crippen LogP contribution in [0.15, 0.2) is 65.3 Å². The predicted octanol–water partition coefficient (Wildman–Crippen LogP) is 3.84. The van der Waals surface area contributed by atoms with Crippen LogP contribution in [0.1, 0.15) is 17.5 Å². The molecule has 1 amide bonds. The summed E-state index contributed by atoms with van der Waals surface area (Å²) in [6.07, 6.45) is 3.27. The lowest BCUT2D eigenvalue weighted by Gasteiger charge is -2.00. The molecule has 2 aromatic carbocycles. The number of aryl methyl sites for hydroxylation is 1. The van der Waals surface area contributed by atoms with Crippen molar-refractivity contribution >= 4 is 29.4 Å². The van der Waals surface area contributed by atoms with Crippen molar-refractivity contribution in [3.05, 3.63) is 76.4 Å². The lowest BCUT2D eigenvalue weighted by Crippen LogP contribution is -2.24. The quantitative estimate of drug-likeness (QED) is 0.856. The molecule has 0 atom stereocenters. The minimum Gasteiger partial charge on any atom is -0.309 e. The van der Waals surface area contributed by atoms with Crippen LogP contribution in [0.2, 0.25) is 5.02 Å². The zero-order valence-corrected chi connectivity index (χ0v) is 12.7. The Balaban J connectivity index is 1.73. The fraction of sp³-hybridized carbons (Fsp3) is 0.111. The minimum atomic E-state index is -0.178. The topological polar surface area (TPSA) is 41.5 Å². The number of halogens is 1. The lowest BCUT2D eigenvalue weighted by atomic mass is 10.1. The molecule has 1 aliphatic heterocycles. The van der Waals surface area contributed by atoms with Crippen LogP contribution in [0, 0.1) is 0 Å². The maximum Gasteiger partial charge on any atom is 0.275 e. The van der Waals surface area contributed by atoms with Crippen molar-refractivity contribution in [3.8, 4) is 0 Å². The molecule has 3 rings (SSSR count). The van der Waals surface area contributed by atoms with Crippen molar-refractivity contribution in [3.63, 3.8) is 0 Å². The number of hydrogen-bond donors (Lipinski definition) is 1. The SMILES string of the molecule is O=C1NC(CCc2ccccc2)=N/C1=C\c1ccccc1Cl. The van der Waals surface area contributed by atoms with Crippen molar-refractivity contribution in [1.29, 1.82) is 0 Å². The smallest absolute Gasteiger partial charge is 0.275 e. The summed E-state index contributed by atoms with van der Waals surface area (Å²) < 4.78 is 0. The third kappa shape index (κ3) is 3.43. The first kappa shape index (κ1) is 14.5. The molecule has 110 valence electrons. The first-order valence-electron chi connectivity index (χ1n) is 7.11. The van der Waals surface area contributed by atoms with Gasteiger partial charge in [0, 0.05) is 11.4 Å². The van der Waals surface area contributed by atoms with Gasteiger partial charge in [0.15, 0.2) is 0 Å². The van der Waals surface area contributed by atoms with Crippen molar-refractivity contribution in [2.75, 3.05) is 0 Å². The molecule has 0 saturated carbocycles. The molecular weight excluding hydrogens is 296 g/mol. The second-order valence-electron chi connectivity index (χ2n) is 5.05. The third-order valence-electron chi connectivity index (χ3n) is 3.44. The number of aliphatic imine (C=N–C) groups is 1. The summed E-state index contributed by atoms with van der Waals surface area (Å²) in [6.45, 7) is 0. The van der Waals surface area contributed by atoms with Gasteiger partial charge in [-0.2, -0.15) is 0 Å². The van der Waals surface area contributed by atoms with Crippen molar-refractivity contribution < 1.29 is 4.79 Å². The summed E-state index contributed by atoms with van der Waals surface area (Å²) in [7, 11) is 0. The number of nitrogens with zero attached hydrogens (tertiary/aromatic N) is 1. The summed E-state index contributed by atoms with van der Waals surface area (Å²) in [5.41, 5.74) is 2.42. The monoisotopic (exact) mass is 310 g/mol. The van der Waals surface area contributed by atoms with E-state index in [0.717, 1.165) is 12.0 Å². The van der Waals surface area contributed by atoms with E-state index in [2.05, 4.69) is 22.4 Å². The Morgan fingerprint density at radius 3 is 2.50 bits per heavy atom. The Hall–Kier alpha value is -2.39. The van der Waals surface area contributed by atoms with Crippen LogP contribution in [0.3, 0.4) is 0 Å². The van der Waals surface area contributed by atoms with Crippen LogP contribution >= 0.6 is 11.6 Å². The average molecular weight is 311 g/mol. The lowest BCUT2D eigenvalue weighted by molar-refractivity contribution is -0.115. The Labute approximate surface area is 134 Å². The van der Waals surface area contributed by atoms with Gasteiger partial charge in [-0.1, -0.05) is 60.1 Å². The molecule has 0 fully saturated rings. The van der Waals surface area contributed by atoms with Gasteiger partial charge in [0.1, 0.15) is 11.5 Å². The minimum absolute atomic E-state index is 0.178. The summed E-state index contributed by atoms with van der Waals surface area (Å²) in [5.74, 6) is 0.523. The van der Waals surface area contributed by atoms with Crippen LogP contribution in [-0.4, -0.2) is 11.7 Å². The zero-order chi connectivity index (χ0) is 15.4. The normalized spacial score (nSPS) is 15.8. The summed E-state index contributed by atoms with van der Waals surface area (Å²) in [5, 5.41) is 3.42. The van der Waals surface area contributed by atoms with Crippen LogP contribution in [0.25, 0.3) is 6.08 Å². The van der Waals surface area contributed by atoms with E-state index in [4.69, 9.17) is 11.6 Å². The fourth-order valence-corrected chi connectivity index (χ4v) is 2.47. The molecule has 0 saturated heterocycles. The second-order valence-corrected chi connectivity index (χ2v) is 5.46. The molecule has 1 heterocycles. The molecule has 0 aromatic heterocycles. The van der Waals surface area contributed by atoms with E-state index < -0.39 is 0 Å². The maximum absolute atomic E-state index is 12.0. The van der Waals surface area contributed by atoms with Crippen LogP contribution in [0.4, 0.5) is 0 Å². The summed E-state index contributed by atoms with van der Waals surface area (Å²) in [6, 6.07) is 17.5. The van der Waals surface area contributed by atoms with E-state index in [1.54, 1.807) is 12.1 Å². The number of carbonyl (C=O) groups excluding carboxylic acids is 1. The van der Waals surface area contributed by atoms with Gasteiger partial charge in [-0.25, -0.2) is 4.99 Å². The molecule has 22 heavy (non-hydrogen) atoms. The van der Waals surface area contributed by atoms with E-state index in [0.29, 0.717) is 23.0 Å². The van der Waals surface area contributed by atoms with E-state index in [1.165, 1.54) is 5.56 Å².